The second-order valence-corrected chi connectivity index (χ2v) is 8.31. The molecule has 2 fully saturated rings. The van der Waals surface area contributed by atoms with Crippen LogP contribution in [0, 0.1) is 0 Å². The minimum Gasteiger partial charge on any atom is -0.508 e. The number of aromatic hydroxyl groups is 1. The number of rotatable bonds is 7. The molecule has 2 aromatic rings. The van der Waals surface area contributed by atoms with Crippen molar-refractivity contribution in [1.82, 2.24) is 14.9 Å². The summed E-state index contributed by atoms with van der Waals surface area (Å²) in [5.74, 6) is 1.51. The van der Waals surface area contributed by atoms with Crippen LogP contribution in [0.15, 0.2) is 29.4 Å². The first-order chi connectivity index (χ1) is 16.7. The van der Waals surface area contributed by atoms with Crippen LogP contribution >= 0.6 is 0 Å². The second kappa shape index (κ2) is 10.1. The smallest absolute Gasteiger partial charge is 0.410 e. The number of cyclic esters (lactones) is 1. The summed E-state index contributed by atoms with van der Waals surface area (Å²) in [6.07, 6.45) is 2.39. The van der Waals surface area contributed by atoms with Crippen molar-refractivity contribution in [2.45, 2.75) is 19.3 Å². The average molecular weight is 469 g/mol. The van der Waals surface area contributed by atoms with Crippen molar-refractivity contribution in [2.75, 3.05) is 62.9 Å². The van der Waals surface area contributed by atoms with Crippen molar-refractivity contribution < 1.29 is 24.1 Å². The number of aromatic nitrogens is 2. The Balaban J connectivity index is 1.34. The molecule has 2 N–H and O–H groups in total. The Hall–Kier alpha value is -3.60. The van der Waals surface area contributed by atoms with E-state index in [4.69, 9.17) is 14.2 Å². The molecular formula is C23H28N6O5. The summed E-state index contributed by atoms with van der Waals surface area (Å²) in [7, 11) is 0. The van der Waals surface area contributed by atoms with Crippen LogP contribution in [-0.4, -0.2) is 84.4 Å². The van der Waals surface area contributed by atoms with E-state index in [-0.39, 0.29) is 24.5 Å². The molecule has 0 spiro atoms. The number of aryl methyl sites for hydroxylation is 1. The summed E-state index contributed by atoms with van der Waals surface area (Å²) >= 11 is 0. The van der Waals surface area contributed by atoms with E-state index in [1.54, 1.807) is 17.0 Å². The molecule has 0 saturated carbocycles. The first-order valence-electron chi connectivity index (χ1n) is 11.6. The first-order valence-corrected chi connectivity index (χ1v) is 11.6. The van der Waals surface area contributed by atoms with Gasteiger partial charge in [0.25, 0.3) is 0 Å². The van der Waals surface area contributed by atoms with Gasteiger partial charge in [-0.3, -0.25) is 5.43 Å². The van der Waals surface area contributed by atoms with Crippen LogP contribution in [0.1, 0.15) is 24.0 Å². The zero-order chi connectivity index (χ0) is 23.3. The number of nitrogens with zero attached hydrogens (tertiary/aromatic N) is 5. The quantitative estimate of drug-likeness (QED) is 0.588. The number of anilines is 2. The summed E-state index contributed by atoms with van der Waals surface area (Å²) in [6, 6.07) is 7.45. The SMILES string of the molecule is O=C1OCCN1CCOc1nc(N/N=C2\CCCc3cc(O)ccc32)cc(N2CCOCC2)n1. The number of carbonyl (C=O) groups is 1. The van der Waals surface area contributed by atoms with E-state index >= 15 is 0 Å². The predicted octanol–water partition coefficient (Wildman–Crippen LogP) is 2.00. The number of hydrazone groups is 1. The lowest BCUT2D eigenvalue weighted by Crippen LogP contribution is -2.37. The van der Waals surface area contributed by atoms with E-state index in [0.717, 1.165) is 55.0 Å². The molecule has 1 aliphatic carbocycles. The molecule has 11 nitrogen and oxygen atoms in total. The molecule has 34 heavy (non-hydrogen) atoms. The van der Waals surface area contributed by atoms with E-state index < -0.39 is 0 Å². The van der Waals surface area contributed by atoms with Crippen LogP contribution in [0.4, 0.5) is 16.4 Å². The highest BCUT2D eigenvalue weighted by molar-refractivity contribution is 6.03. The molecule has 0 radical (unpaired) electrons. The van der Waals surface area contributed by atoms with Gasteiger partial charge in [0.1, 0.15) is 24.8 Å². The van der Waals surface area contributed by atoms with Crippen LogP contribution in [0.25, 0.3) is 0 Å². The summed E-state index contributed by atoms with van der Waals surface area (Å²) in [5, 5.41) is 14.4. The highest BCUT2D eigenvalue weighted by Gasteiger charge is 2.22. The van der Waals surface area contributed by atoms with Crippen molar-refractivity contribution in [3.63, 3.8) is 0 Å². The zero-order valence-corrected chi connectivity index (χ0v) is 18.9. The maximum atomic E-state index is 11.6. The number of fused-ring (bicyclic) bond motifs is 1. The van der Waals surface area contributed by atoms with Gasteiger partial charge in [-0.05, 0) is 43.0 Å². The van der Waals surface area contributed by atoms with Gasteiger partial charge in [-0.1, -0.05) is 0 Å². The van der Waals surface area contributed by atoms with Crippen LogP contribution < -0.4 is 15.1 Å². The molecule has 180 valence electrons. The molecule has 3 heterocycles. The van der Waals surface area contributed by atoms with Crippen molar-refractivity contribution >= 4 is 23.4 Å². The molecule has 0 bridgehead atoms. The third-order valence-electron chi connectivity index (χ3n) is 6.03. The zero-order valence-electron chi connectivity index (χ0n) is 18.9. The Labute approximate surface area is 197 Å². The van der Waals surface area contributed by atoms with E-state index in [9.17, 15) is 9.90 Å². The van der Waals surface area contributed by atoms with Gasteiger partial charge in [0.05, 0.1) is 32.0 Å². The molecule has 1 aromatic carbocycles. The number of hydrogen-bond donors (Lipinski definition) is 2. The monoisotopic (exact) mass is 468 g/mol. The predicted molar refractivity (Wildman–Crippen MR) is 125 cm³/mol. The summed E-state index contributed by atoms with van der Waals surface area (Å²) in [6.45, 7) is 4.32. The normalized spacial score (nSPS) is 19.2. The number of morpholine rings is 1. The number of benzene rings is 1. The van der Waals surface area contributed by atoms with Gasteiger partial charge in [0, 0.05) is 24.7 Å². The number of phenols is 1. The Morgan fingerprint density at radius 3 is 2.82 bits per heavy atom. The fourth-order valence-corrected chi connectivity index (χ4v) is 4.26. The molecule has 5 rings (SSSR count). The first kappa shape index (κ1) is 22.2. The van der Waals surface area contributed by atoms with Crippen LogP contribution in [0.2, 0.25) is 0 Å². The summed E-state index contributed by atoms with van der Waals surface area (Å²) in [4.78, 5) is 24.4. The third-order valence-corrected chi connectivity index (χ3v) is 6.03. The van der Waals surface area contributed by atoms with Crippen molar-refractivity contribution in [3.05, 3.63) is 35.4 Å². The van der Waals surface area contributed by atoms with Crippen molar-refractivity contribution in [2.24, 2.45) is 5.10 Å². The molecule has 2 saturated heterocycles. The number of ether oxygens (including phenoxy) is 3. The van der Waals surface area contributed by atoms with E-state index in [0.29, 0.717) is 38.7 Å². The molecule has 11 heteroatoms. The van der Waals surface area contributed by atoms with Crippen molar-refractivity contribution in [1.29, 1.82) is 0 Å². The highest BCUT2D eigenvalue weighted by Crippen LogP contribution is 2.26. The fourth-order valence-electron chi connectivity index (χ4n) is 4.26. The number of phenolic OH excluding ortho intramolecular Hbond substituents is 1. The molecule has 2 aliphatic heterocycles. The molecule has 1 aromatic heterocycles. The highest BCUT2D eigenvalue weighted by atomic mass is 16.6. The van der Waals surface area contributed by atoms with Gasteiger partial charge in [-0.25, -0.2) is 4.79 Å². The topological polar surface area (TPSA) is 122 Å². The molecule has 1 amide bonds. The minimum atomic E-state index is -0.328. The van der Waals surface area contributed by atoms with Gasteiger partial charge < -0.3 is 29.1 Å². The summed E-state index contributed by atoms with van der Waals surface area (Å²) < 4.78 is 16.2. The van der Waals surface area contributed by atoms with Crippen LogP contribution in [0.5, 0.6) is 11.8 Å². The third kappa shape index (κ3) is 5.14. The Morgan fingerprint density at radius 1 is 1.12 bits per heavy atom. The Bertz CT molecular complexity index is 1070. The molecule has 0 unspecified atom stereocenters. The van der Waals surface area contributed by atoms with Gasteiger partial charge in [-0.15, -0.1) is 0 Å². The van der Waals surface area contributed by atoms with Gasteiger partial charge >= 0.3 is 12.1 Å². The average Bonchev–Trinajstić information content (AvgIpc) is 3.27. The number of hydrogen-bond acceptors (Lipinski definition) is 10. The second-order valence-electron chi connectivity index (χ2n) is 8.31. The fraction of sp³-hybridized carbons (Fsp3) is 0.478. The van der Waals surface area contributed by atoms with Gasteiger partial charge in [0.15, 0.2) is 5.82 Å². The lowest BCUT2D eigenvalue weighted by molar-refractivity contribution is 0.122. The van der Waals surface area contributed by atoms with E-state index in [2.05, 4.69) is 25.4 Å². The maximum Gasteiger partial charge on any atom is 0.410 e. The molecular weight excluding hydrogens is 440 g/mol. The number of nitrogens with one attached hydrogen (secondary N) is 1. The van der Waals surface area contributed by atoms with Crippen molar-refractivity contribution in [3.8, 4) is 11.8 Å². The maximum absolute atomic E-state index is 11.6. The lowest BCUT2D eigenvalue weighted by atomic mass is 9.90. The molecule has 3 aliphatic rings. The van der Waals surface area contributed by atoms with Crippen LogP contribution in [-0.2, 0) is 15.9 Å². The van der Waals surface area contributed by atoms with E-state index in [1.165, 1.54) is 0 Å². The minimum absolute atomic E-state index is 0.216. The largest absolute Gasteiger partial charge is 0.508 e. The Kier molecular flexibility index (Phi) is 6.61. The lowest BCUT2D eigenvalue weighted by Gasteiger charge is -2.28. The number of carbonyl (C=O) groups excluding carboxylic acids is 1. The Morgan fingerprint density at radius 2 is 2.00 bits per heavy atom. The van der Waals surface area contributed by atoms with Crippen LogP contribution in [0.3, 0.4) is 0 Å². The molecule has 0 atom stereocenters. The number of amides is 1. The summed E-state index contributed by atoms with van der Waals surface area (Å²) in [5.41, 5.74) is 6.13. The standard InChI is InChI=1S/C23H28N6O5/c30-17-4-5-18-16(14-17)2-1-3-19(18)26-27-20-15-21(28-6-10-32-11-7-28)25-22(24-20)33-12-8-29-9-13-34-23(29)31/h4-5,14-15,30H,1-3,6-13H2,(H,24,25,27)/b26-19+. The van der Waals surface area contributed by atoms with E-state index in [1.807, 2.05) is 12.1 Å². The van der Waals surface area contributed by atoms with Gasteiger partial charge in [0.2, 0.25) is 0 Å². The van der Waals surface area contributed by atoms with Gasteiger partial charge in [-0.2, -0.15) is 15.1 Å².